The molecule has 1 fully saturated rings. The summed E-state index contributed by atoms with van der Waals surface area (Å²) in [4.78, 5) is 26.7. The van der Waals surface area contributed by atoms with Crippen molar-refractivity contribution in [1.29, 1.82) is 0 Å². The van der Waals surface area contributed by atoms with Gasteiger partial charge in [-0.2, -0.15) is 0 Å². The number of para-hydroxylation sites is 1. The molecule has 3 aromatic carbocycles. The van der Waals surface area contributed by atoms with E-state index in [1.165, 1.54) is 0 Å². The van der Waals surface area contributed by atoms with E-state index < -0.39 is 11.4 Å². The summed E-state index contributed by atoms with van der Waals surface area (Å²) < 4.78 is 6.65. The molecule has 0 bridgehead atoms. The molecular weight excluding hydrogens is 416 g/mol. The number of carbonyl (C=O) groups excluding carboxylic acids is 2. The van der Waals surface area contributed by atoms with Gasteiger partial charge in [-0.25, -0.2) is 0 Å². The lowest BCUT2D eigenvalue weighted by molar-refractivity contribution is -0.153. The summed E-state index contributed by atoms with van der Waals surface area (Å²) in [6.07, 6.45) is 0.459. The normalized spacial score (nSPS) is 25.1. The van der Waals surface area contributed by atoms with Crippen molar-refractivity contribution >= 4 is 27.7 Å². The third-order valence-corrected chi connectivity index (χ3v) is 6.56. The SMILES string of the molecule is O=C1Oc2ccccc2[C@H]2[C@@H](c3ccc(Br)cc3)C[C@@]12C(=O)c1ccccc1. The van der Waals surface area contributed by atoms with Crippen LogP contribution in [-0.2, 0) is 4.79 Å². The number of esters is 1. The zero-order valence-electron chi connectivity index (χ0n) is 15.0. The molecule has 2 aliphatic rings. The van der Waals surface area contributed by atoms with Crippen molar-refractivity contribution in [3.8, 4) is 5.75 Å². The third kappa shape index (κ3) is 2.41. The van der Waals surface area contributed by atoms with Gasteiger partial charge in [0.2, 0.25) is 0 Å². The van der Waals surface area contributed by atoms with Crippen molar-refractivity contribution in [2.75, 3.05) is 0 Å². The average molecular weight is 433 g/mol. The minimum absolute atomic E-state index is 0.0924. The van der Waals surface area contributed by atoms with Crippen molar-refractivity contribution in [2.24, 2.45) is 5.41 Å². The van der Waals surface area contributed by atoms with Crippen molar-refractivity contribution in [1.82, 2.24) is 0 Å². The topological polar surface area (TPSA) is 43.4 Å². The molecule has 0 radical (unpaired) electrons. The van der Waals surface area contributed by atoms with Crippen LogP contribution in [0.4, 0.5) is 0 Å². The second-order valence-electron chi connectivity index (χ2n) is 7.43. The van der Waals surface area contributed by atoms with Crippen LogP contribution in [0, 0.1) is 5.41 Å². The number of ketones is 1. The zero-order valence-corrected chi connectivity index (χ0v) is 16.6. The van der Waals surface area contributed by atoms with Crippen LogP contribution in [0.25, 0.3) is 0 Å². The second kappa shape index (κ2) is 6.42. The molecule has 4 heteroatoms. The van der Waals surface area contributed by atoms with Gasteiger partial charge in [0.25, 0.3) is 0 Å². The Bertz CT molecular complexity index is 1070. The molecule has 0 amide bonds. The summed E-state index contributed by atoms with van der Waals surface area (Å²) in [5, 5.41) is 0. The molecule has 5 rings (SSSR count). The number of hydrogen-bond acceptors (Lipinski definition) is 3. The van der Waals surface area contributed by atoms with Crippen molar-refractivity contribution in [3.63, 3.8) is 0 Å². The maximum absolute atomic E-state index is 13.5. The maximum Gasteiger partial charge on any atom is 0.326 e. The van der Waals surface area contributed by atoms with E-state index in [0.29, 0.717) is 17.7 Å². The number of halogens is 1. The Balaban J connectivity index is 1.65. The third-order valence-electron chi connectivity index (χ3n) is 6.04. The Kier molecular flexibility index (Phi) is 3.98. The van der Waals surface area contributed by atoms with Gasteiger partial charge in [0, 0.05) is 21.5 Å². The Morgan fingerprint density at radius 3 is 2.36 bits per heavy atom. The number of benzene rings is 3. The molecule has 1 aliphatic heterocycles. The standard InChI is InChI=1S/C24H17BrO3/c25-17-12-10-15(11-13-17)19-14-24(22(26)16-6-2-1-3-7-16)21(19)18-8-4-5-9-20(18)28-23(24)27/h1-13,19,21H,14H2/t19-,21+,24-/m1/s1. The summed E-state index contributed by atoms with van der Waals surface area (Å²) in [6.45, 7) is 0. The Hall–Kier alpha value is -2.72. The minimum Gasteiger partial charge on any atom is -0.425 e. The van der Waals surface area contributed by atoms with Crippen LogP contribution in [0.3, 0.4) is 0 Å². The zero-order chi connectivity index (χ0) is 19.3. The van der Waals surface area contributed by atoms with E-state index >= 15 is 0 Å². The molecule has 3 nitrogen and oxygen atoms in total. The first-order chi connectivity index (χ1) is 13.6. The molecule has 0 unspecified atom stereocenters. The minimum atomic E-state index is -1.16. The summed E-state index contributed by atoms with van der Waals surface area (Å²) in [7, 11) is 0. The number of fused-ring (bicyclic) bond motifs is 3. The number of carbonyl (C=O) groups is 2. The maximum atomic E-state index is 13.5. The van der Waals surface area contributed by atoms with Crippen molar-refractivity contribution in [3.05, 3.63) is 100 Å². The van der Waals surface area contributed by atoms with E-state index in [-0.39, 0.29) is 17.6 Å². The fraction of sp³-hybridized carbons (Fsp3) is 0.167. The van der Waals surface area contributed by atoms with E-state index in [0.717, 1.165) is 15.6 Å². The quantitative estimate of drug-likeness (QED) is 0.237. The molecule has 1 saturated carbocycles. The predicted molar refractivity (Wildman–Crippen MR) is 110 cm³/mol. The van der Waals surface area contributed by atoms with Gasteiger partial charge in [0.05, 0.1) is 0 Å². The molecule has 0 N–H and O–H groups in total. The van der Waals surface area contributed by atoms with Gasteiger partial charge in [0.15, 0.2) is 5.78 Å². The molecule has 138 valence electrons. The lowest BCUT2D eigenvalue weighted by Crippen LogP contribution is -2.59. The predicted octanol–water partition coefficient (Wildman–Crippen LogP) is 5.51. The van der Waals surface area contributed by atoms with Gasteiger partial charge in [-0.15, -0.1) is 0 Å². The highest BCUT2D eigenvalue weighted by Crippen LogP contribution is 2.66. The Morgan fingerprint density at radius 2 is 1.61 bits per heavy atom. The van der Waals surface area contributed by atoms with E-state index in [4.69, 9.17) is 4.74 Å². The summed E-state index contributed by atoms with van der Waals surface area (Å²) in [6, 6.07) is 24.8. The highest BCUT2D eigenvalue weighted by Gasteiger charge is 2.67. The second-order valence-corrected chi connectivity index (χ2v) is 8.35. The fourth-order valence-corrected chi connectivity index (χ4v) is 4.95. The molecule has 3 atom stereocenters. The van der Waals surface area contributed by atoms with Gasteiger partial charge >= 0.3 is 5.97 Å². The lowest BCUT2D eigenvalue weighted by atomic mass is 9.47. The van der Waals surface area contributed by atoms with E-state index in [1.54, 1.807) is 18.2 Å². The van der Waals surface area contributed by atoms with Crippen LogP contribution < -0.4 is 4.74 Å². The van der Waals surface area contributed by atoms with Crippen molar-refractivity contribution < 1.29 is 14.3 Å². The van der Waals surface area contributed by atoms with Crippen LogP contribution in [0.15, 0.2) is 83.3 Å². The number of ether oxygens (including phenoxy) is 1. The highest BCUT2D eigenvalue weighted by molar-refractivity contribution is 9.10. The van der Waals surface area contributed by atoms with Crippen LogP contribution in [0.5, 0.6) is 5.75 Å². The largest absolute Gasteiger partial charge is 0.425 e. The first-order valence-electron chi connectivity index (χ1n) is 9.28. The first-order valence-corrected chi connectivity index (χ1v) is 10.1. The monoisotopic (exact) mass is 432 g/mol. The van der Waals surface area contributed by atoms with Crippen LogP contribution in [0.2, 0.25) is 0 Å². The molecule has 1 heterocycles. The molecule has 0 spiro atoms. The van der Waals surface area contributed by atoms with E-state index in [9.17, 15) is 9.59 Å². The molecule has 0 saturated heterocycles. The van der Waals surface area contributed by atoms with Crippen LogP contribution in [-0.4, -0.2) is 11.8 Å². The lowest BCUT2D eigenvalue weighted by Gasteiger charge is -2.54. The van der Waals surface area contributed by atoms with E-state index in [2.05, 4.69) is 28.1 Å². The van der Waals surface area contributed by atoms with Crippen LogP contribution in [0.1, 0.15) is 39.7 Å². The molecule has 28 heavy (non-hydrogen) atoms. The molecular formula is C24H17BrO3. The number of Topliss-reactive ketones (excluding diaryl/α,β-unsaturated/α-hetero) is 1. The summed E-state index contributed by atoms with van der Waals surface area (Å²) in [5.41, 5.74) is 1.46. The summed E-state index contributed by atoms with van der Waals surface area (Å²) >= 11 is 3.47. The molecule has 3 aromatic rings. The number of hydrogen-bond donors (Lipinski definition) is 0. The molecule has 1 aliphatic carbocycles. The van der Waals surface area contributed by atoms with Crippen LogP contribution >= 0.6 is 15.9 Å². The Labute approximate surface area is 171 Å². The van der Waals surface area contributed by atoms with Gasteiger partial charge in [0.1, 0.15) is 11.2 Å². The molecule has 0 aromatic heterocycles. The van der Waals surface area contributed by atoms with Gasteiger partial charge in [-0.3, -0.25) is 9.59 Å². The van der Waals surface area contributed by atoms with Gasteiger partial charge in [-0.1, -0.05) is 76.6 Å². The van der Waals surface area contributed by atoms with Gasteiger partial charge < -0.3 is 4.74 Å². The summed E-state index contributed by atoms with van der Waals surface area (Å²) in [5.74, 6) is -0.145. The van der Waals surface area contributed by atoms with E-state index in [1.807, 2.05) is 48.5 Å². The van der Waals surface area contributed by atoms with Crippen molar-refractivity contribution in [2.45, 2.75) is 18.3 Å². The fourth-order valence-electron chi connectivity index (χ4n) is 4.68. The Morgan fingerprint density at radius 1 is 0.929 bits per heavy atom. The van der Waals surface area contributed by atoms with Gasteiger partial charge in [-0.05, 0) is 36.1 Å². The highest BCUT2D eigenvalue weighted by atomic mass is 79.9. The number of rotatable bonds is 3. The first kappa shape index (κ1) is 17.4. The average Bonchev–Trinajstić information content (AvgIpc) is 2.70. The smallest absolute Gasteiger partial charge is 0.326 e.